The van der Waals surface area contributed by atoms with Crippen LogP contribution in [-0.4, -0.2) is 22.0 Å². The molecule has 0 aliphatic heterocycles. The summed E-state index contributed by atoms with van der Waals surface area (Å²) in [7, 11) is 0. The highest BCUT2D eigenvalue weighted by molar-refractivity contribution is 6.04. The van der Waals surface area contributed by atoms with Crippen LogP contribution in [0.15, 0.2) is 54.7 Å². The van der Waals surface area contributed by atoms with E-state index >= 15 is 0 Å². The Hall–Kier alpha value is -3.82. The normalized spacial score (nSPS) is 14.8. The Bertz CT molecular complexity index is 1350. The van der Waals surface area contributed by atoms with Gasteiger partial charge in [0.15, 0.2) is 0 Å². The summed E-state index contributed by atoms with van der Waals surface area (Å²) in [5.41, 5.74) is -0.688. The third-order valence-electron chi connectivity index (χ3n) is 6.64. The van der Waals surface area contributed by atoms with Crippen LogP contribution in [-0.2, 0) is 22.3 Å². The quantitative estimate of drug-likeness (QED) is 0.332. The van der Waals surface area contributed by atoms with E-state index in [0.717, 1.165) is 18.2 Å². The minimum Gasteiger partial charge on any atom is -0.478 e. The van der Waals surface area contributed by atoms with Crippen LogP contribution in [0.5, 0.6) is 0 Å². The van der Waals surface area contributed by atoms with Gasteiger partial charge in [-0.05, 0) is 61.2 Å². The molecule has 2 N–H and O–H groups in total. The van der Waals surface area contributed by atoms with E-state index in [4.69, 9.17) is 0 Å². The third-order valence-corrected chi connectivity index (χ3v) is 6.64. The number of benzene rings is 2. The highest BCUT2D eigenvalue weighted by atomic mass is 19.4. The zero-order chi connectivity index (χ0) is 27.2. The van der Waals surface area contributed by atoms with Crippen LogP contribution in [0.1, 0.15) is 58.9 Å². The minimum atomic E-state index is -4.49. The molecule has 0 spiro atoms. The zero-order valence-electron chi connectivity index (χ0n) is 19.9. The van der Waals surface area contributed by atoms with Crippen molar-refractivity contribution in [3.05, 3.63) is 82.7 Å². The highest BCUT2D eigenvalue weighted by Gasteiger charge is 2.51. The third kappa shape index (κ3) is 5.05. The fraction of sp³-hybridized carbons (Fsp3) is 0.296. The van der Waals surface area contributed by atoms with Crippen LogP contribution in [0.25, 0.3) is 11.1 Å². The first kappa shape index (κ1) is 26.2. The molecule has 1 heterocycles. The average Bonchev–Trinajstić information content (AvgIpc) is 3.65. The van der Waals surface area contributed by atoms with Crippen molar-refractivity contribution in [2.75, 3.05) is 5.32 Å². The van der Waals surface area contributed by atoms with Crippen molar-refractivity contribution in [3.63, 3.8) is 0 Å². The molecule has 5 nitrogen and oxygen atoms in total. The van der Waals surface area contributed by atoms with E-state index in [1.54, 1.807) is 13.0 Å². The van der Waals surface area contributed by atoms with Crippen LogP contribution < -0.4 is 5.32 Å². The number of alkyl halides is 5. The second-order valence-electron chi connectivity index (χ2n) is 9.12. The van der Waals surface area contributed by atoms with Crippen LogP contribution in [0, 0.1) is 6.92 Å². The lowest BCUT2D eigenvalue weighted by molar-refractivity contribution is -0.137. The maximum absolute atomic E-state index is 13.9. The Labute approximate surface area is 209 Å². The Morgan fingerprint density at radius 2 is 1.68 bits per heavy atom. The first-order valence-electron chi connectivity index (χ1n) is 11.5. The summed E-state index contributed by atoms with van der Waals surface area (Å²) in [5, 5.41) is 12.5. The van der Waals surface area contributed by atoms with Crippen molar-refractivity contribution in [1.29, 1.82) is 0 Å². The standard InChI is InChI=1S/C27H23F5N2O3/c1-3-26(28,29)21-9-4-16(14-33-21)22-15(2)12-19(13-20(22)23(35)36)34-24(37)25(10-11-25)17-5-7-18(8-6-17)27(30,31)32/h4-9,12-14H,3,10-11H2,1-2H3,(H,34,37)(H,35,36). The first-order chi connectivity index (χ1) is 17.3. The molecule has 2 aromatic carbocycles. The summed E-state index contributed by atoms with van der Waals surface area (Å²) < 4.78 is 66.6. The van der Waals surface area contributed by atoms with Crippen molar-refractivity contribution in [3.8, 4) is 11.1 Å². The lowest BCUT2D eigenvalue weighted by atomic mass is 9.92. The molecule has 37 heavy (non-hydrogen) atoms. The first-order valence-corrected chi connectivity index (χ1v) is 11.5. The molecule has 0 atom stereocenters. The molecule has 4 rings (SSSR count). The minimum absolute atomic E-state index is 0.161. The molecule has 0 saturated heterocycles. The van der Waals surface area contributed by atoms with Gasteiger partial charge in [0.05, 0.1) is 16.5 Å². The molecule has 0 bridgehead atoms. The summed E-state index contributed by atoms with van der Waals surface area (Å²) in [4.78, 5) is 29.0. The molecule has 0 unspecified atom stereocenters. The maximum Gasteiger partial charge on any atom is 0.416 e. The van der Waals surface area contributed by atoms with Gasteiger partial charge in [-0.15, -0.1) is 0 Å². The Balaban J connectivity index is 1.62. The smallest absolute Gasteiger partial charge is 0.416 e. The second-order valence-corrected chi connectivity index (χ2v) is 9.12. The Morgan fingerprint density at radius 1 is 1.03 bits per heavy atom. The Kier molecular flexibility index (Phi) is 6.56. The number of nitrogens with zero attached hydrogens (tertiary/aromatic N) is 1. The summed E-state index contributed by atoms with van der Waals surface area (Å²) in [6.45, 7) is 2.95. The summed E-state index contributed by atoms with van der Waals surface area (Å²) in [5.74, 6) is -4.85. The van der Waals surface area contributed by atoms with Gasteiger partial charge in [-0.3, -0.25) is 9.78 Å². The van der Waals surface area contributed by atoms with Gasteiger partial charge in [0.25, 0.3) is 5.92 Å². The van der Waals surface area contributed by atoms with Crippen molar-refractivity contribution < 1.29 is 36.6 Å². The monoisotopic (exact) mass is 518 g/mol. The number of hydrogen-bond donors (Lipinski definition) is 2. The fourth-order valence-electron chi connectivity index (χ4n) is 4.35. The molecular formula is C27H23F5N2O3. The lowest BCUT2D eigenvalue weighted by Gasteiger charge is -2.19. The van der Waals surface area contributed by atoms with Gasteiger partial charge >= 0.3 is 12.1 Å². The molecule has 1 saturated carbocycles. The summed E-state index contributed by atoms with van der Waals surface area (Å²) in [6.07, 6.45) is -2.85. The molecule has 10 heteroatoms. The second kappa shape index (κ2) is 9.24. The predicted octanol–water partition coefficient (Wildman–Crippen LogP) is 6.95. The van der Waals surface area contributed by atoms with E-state index in [0.29, 0.717) is 29.5 Å². The van der Waals surface area contributed by atoms with Gasteiger partial charge in [-0.1, -0.05) is 25.1 Å². The molecule has 1 aromatic heterocycles. The van der Waals surface area contributed by atoms with Crippen LogP contribution in [0.2, 0.25) is 0 Å². The van der Waals surface area contributed by atoms with Crippen LogP contribution >= 0.6 is 0 Å². The van der Waals surface area contributed by atoms with Crippen LogP contribution in [0.4, 0.5) is 27.6 Å². The highest BCUT2D eigenvalue weighted by Crippen LogP contribution is 2.49. The topological polar surface area (TPSA) is 79.3 Å². The molecular weight excluding hydrogens is 495 g/mol. The van der Waals surface area contributed by atoms with Gasteiger partial charge in [0.1, 0.15) is 5.69 Å². The van der Waals surface area contributed by atoms with E-state index in [2.05, 4.69) is 10.3 Å². The molecule has 194 valence electrons. The van der Waals surface area contributed by atoms with Crippen molar-refractivity contribution in [1.82, 2.24) is 4.98 Å². The number of aromatic nitrogens is 1. The fourth-order valence-corrected chi connectivity index (χ4v) is 4.35. The summed E-state index contributed by atoms with van der Waals surface area (Å²) >= 11 is 0. The number of nitrogens with one attached hydrogen (secondary N) is 1. The average molecular weight is 518 g/mol. The Morgan fingerprint density at radius 3 is 2.16 bits per heavy atom. The number of pyridine rings is 1. The van der Waals surface area contributed by atoms with Gasteiger partial charge in [-0.25, -0.2) is 4.79 Å². The molecule has 3 aromatic rings. The van der Waals surface area contributed by atoms with Gasteiger partial charge in [0, 0.05) is 29.4 Å². The largest absolute Gasteiger partial charge is 0.478 e. The van der Waals surface area contributed by atoms with Crippen molar-refractivity contribution in [2.45, 2.75) is 50.6 Å². The molecule has 1 aliphatic carbocycles. The number of aryl methyl sites for hydroxylation is 1. The number of hydrogen-bond acceptors (Lipinski definition) is 3. The number of carbonyl (C=O) groups is 2. The van der Waals surface area contributed by atoms with Gasteiger partial charge < -0.3 is 10.4 Å². The number of halogens is 5. The lowest BCUT2D eigenvalue weighted by Crippen LogP contribution is -2.28. The molecule has 1 amide bonds. The van der Waals surface area contributed by atoms with E-state index in [-0.39, 0.29) is 16.8 Å². The molecule has 0 radical (unpaired) electrons. The van der Waals surface area contributed by atoms with Gasteiger partial charge in [-0.2, -0.15) is 22.0 Å². The van der Waals surface area contributed by atoms with Crippen molar-refractivity contribution >= 4 is 17.6 Å². The number of amides is 1. The van der Waals surface area contributed by atoms with E-state index in [1.165, 1.54) is 37.4 Å². The number of aromatic carboxylic acids is 1. The number of rotatable bonds is 7. The molecule has 1 aliphatic rings. The summed E-state index contributed by atoms with van der Waals surface area (Å²) in [6, 6.07) is 9.77. The van der Waals surface area contributed by atoms with Gasteiger partial charge in [0.2, 0.25) is 5.91 Å². The molecule has 1 fully saturated rings. The number of anilines is 1. The van der Waals surface area contributed by atoms with Crippen LogP contribution in [0.3, 0.4) is 0 Å². The number of carboxylic acid groups (broad SMARTS) is 1. The maximum atomic E-state index is 13.9. The number of carbonyl (C=O) groups excluding carboxylic acids is 1. The van der Waals surface area contributed by atoms with E-state index in [9.17, 15) is 36.6 Å². The van der Waals surface area contributed by atoms with E-state index in [1.807, 2.05) is 0 Å². The van der Waals surface area contributed by atoms with Crippen molar-refractivity contribution in [2.24, 2.45) is 0 Å². The SMILES string of the molecule is CCC(F)(F)c1ccc(-c2c(C)cc(NC(=O)C3(c4ccc(C(F)(F)F)cc4)CC3)cc2C(=O)O)cn1. The zero-order valence-corrected chi connectivity index (χ0v) is 19.9. The van der Waals surface area contributed by atoms with E-state index < -0.39 is 47.1 Å². The predicted molar refractivity (Wildman–Crippen MR) is 127 cm³/mol. The number of carboxylic acids is 1.